The van der Waals surface area contributed by atoms with Crippen LogP contribution in [0.1, 0.15) is 25.7 Å². The van der Waals surface area contributed by atoms with E-state index < -0.39 is 0 Å². The predicted octanol–water partition coefficient (Wildman–Crippen LogP) is 0.988. The second kappa shape index (κ2) is 8.60. The number of nitrogens with zero attached hydrogens (tertiary/aromatic N) is 4. The molecule has 134 valence electrons. The summed E-state index contributed by atoms with van der Waals surface area (Å²) >= 11 is 0. The monoisotopic (exact) mass is 343 g/mol. The van der Waals surface area contributed by atoms with Crippen LogP contribution in [0.5, 0.6) is 0 Å². The van der Waals surface area contributed by atoms with Gasteiger partial charge in [-0.3, -0.25) is 9.59 Å². The number of carbonyl (C=O) groups excluding carboxylic acids is 2. The molecule has 7 heteroatoms. The maximum atomic E-state index is 12.3. The van der Waals surface area contributed by atoms with Gasteiger partial charge in [0.25, 0.3) is 0 Å². The zero-order valence-electron chi connectivity index (χ0n) is 14.4. The van der Waals surface area contributed by atoms with E-state index in [1.54, 1.807) is 18.5 Å². The van der Waals surface area contributed by atoms with Crippen molar-refractivity contribution in [2.45, 2.75) is 25.7 Å². The molecule has 1 fully saturated rings. The summed E-state index contributed by atoms with van der Waals surface area (Å²) in [5.74, 6) is 0.943. The number of piperazine rings is 1. The van der Waals surface area contributed by atoms with Crippen molar-refractivity contribution in [3.63, 3.8) is 0 Å². The molecule has 0 unspecified atom stereocenters. The third-order valence-corrected chi connectivity index (χ3v) is 4.75. The molecule has 1 aromatic heterocycles. The lowest BCUT2D eigenvalue weighted by Crippen LogP contribution is -2.49. The molecular weight excluding hydrogens is 318 g/mol. The molecule has 25 heavy (non-hydrogen) atoms. The quantitative estimate of drug-likeness (QED) is 0.807. The van der Waals surface area contributed by atoms with E-state index in [-0.39, 0.29) is 17.7 Å². The zero-order valence-corrected chi connectivity index (χ0v) is 14.4. The smallest absolute Gasteiger partial charge is 0.225 e. The highest BCUT2D eigenvalue weighted by Crippen LogP contribution is 2.18. The van der Waals surface area contributed by atoms with Crippen molar-refractivity contribution < 1.29 is 9.59 Å². The zero-order chi connectivity index (χ0) is 17.5. The molecule has 0 aromatic carbocycles. The summed E-state index contributed by atoms with van der Waals surface area (Å²) in [6, 6.07) is 1.79. The van der Waals surface area contributed by atoms with E-state index in [1.807, 2.05) is 4.90 Å². The first-order valence-electron chi connectivity index (χ1n) is 8.96. The van der Waals surface area contributed by atoms with Gasteiger partial charge in [-0.25, -0.2) is 9.97 Å². The minimum atomic E-state index is 0.0644. The van der Waals surface area contributed by atoms with E-state index in [4.69, 9.17) is 0 Å². The van der Waals surface area contributed by atoms with Gasteiger partial charge in [0.1, 0.15) is 0 Å². The molecule has 2 amide bonds. The summed E-state index contributed by atoms with van der Waals surface area (Å²) < 4.78 is 0. The third kappa shape index (κ3) is 4.78. The molecule has 0 bridgehead atoms. The lowest BCUT2D eigenvalue weighted by Gasteiger charge is -2.34. The predicted molar refractivity (Wildman–Crippen MR) is 94.9 cm³/mol. The van der Waals surface area contributed by atoms with E-state index in [9.17, 15) is 9.59 Å². The fourth-order valence-corrected chi connectivity index (χ4v) is 3.24. The van der Waals surface area contributed by atoms with Crippen LogP contribution in [0.4, 0.5) is 5.95 Å². The highest BCUT2D eigenvalue weighted by Gasteiger charge is 2.23. The molecule has 1 N–H and O–H groups in total. The van der Waals surface area contributed by atoms with Crippen molar-refractivity contribution in [2.24, 2.45) is 5.92 Å². The molecule has 1 atom stereocenters. The number of nitrogens with one attached hydrogen (secondary N) is 1. The van der Waals surface area contributed by atoms with E-state index >= 15 is 0 Å². The van der Waals surface area contributed by atoms with Crippen LogP contribution in [-0.2, 0) is 9.59 Å². The second-order valence-corrected chi connectivity index (χ2v) is 6.44. The fraction of sp³-hybridized carbons (Fsp3) is 0.556. The molecule has 0 radical (unpaired) electrons. The largest absolute Gasteiger partial charge is 0.355 e. The summed E-state index contributed by atoms with van der Waals surface area (Å²) in [6.45, 7) is 3.21. The molecule has 1 aromatic rings. The van der Waals surface area contributed by atoms with Gasteiger partial charge in [-0.15, -0.1) is 0 Å². The Labute approximate surface area is 148 Å². The maximum absolute atomic E-state index is 12.3. The normalized spacial score (nSPS) is 20.4. The molecular formula is C18H25N5O2. The lowest BCUT2D eigenvalue weighted by atomic mass is 9.94. The van der Waals surface area contributed by atoms with Gasteiger partial charge in [0.2, 0.25) is 17.8 Å². The van der Waals surface area contributed by atoms with Gasteiger partial charge in [0.05, 0.1) is 0 Å². The summed E-state index contributed by atoms with van der Waals surface area (Å²) in [6.07, 6.45) is 10.7. The van der Waals surface area contributed by atoms with E-state index in [0.717, 1.165) is 32.4 Å². The van der Waals surface area contributed by atoms with Crippen molar-refractivity contribution in [3.05, 3.63) is 30.6 Å². The van der Waals surface area contributed by atoms with Gasteiger partial charge in [-0.05, 0) is 25.3 Å². The third-order valence-electron chi connectivity index (χ3n) is 4.75. The van der Waals surface area contributed by atoms with Gasteiger partial charge >= 0.3 is 0 Å². The van der Waals surface area contributed by atoms with Crippen LogP contribution in [0, 0.1) is 5.92 Å². The van der Waals surface area contributed by atoms with Crippen LogP contribution < -0.4 is 10.2 Å². The lowest BCUT2D eigenvalue weighted by molar-refractivity contribution is -0.131. The molecule has 3 rings (SSSR count). The van der Waals surface area contributed by atoms with Crippen LogP contribution in [0.15, 0.2) is 30.6 Å². The molecule has 1 aliphatic carbocycles. The van der Waals surface area contributed by atoms with Crippen LogP contribution in [0.3, 0.4) is 0 Å². The Kier molecular flexibility index (Phi) is 5.98. The molecule has 7 nitrogen and oxygen atoms in total. The molecule has 1 aliphatic heterocycles. The highest BCUT2D eigenvalue weighted by atomic mass is 16.2. The van der Waals surface area contributed by atoms with Crippen molar-refractivity contribution in [3.8, 4) is 0 Å². The van der Waals surface area contributed by atoms with Gasteiger partial charge < -0.3 is 15.1 Å². The molecule has 0 spiro atoms. The Morgan fingerprint density at radius 1 is 1.12 bits per heavy atom. The topological polar surface area (TPSA) is 78.4 Å². The number of anilines is 1. The fourth-order valence-electron chi connectivity index (χ4n) is 3.24. The summed E-state index contributed by atoms with van der Waals surface area (Å²) in [7, 11) is 0. The Bertz CT molecular complexity index is 611. The number of allylic oxidation sites excluding steroid dienone is 2. The van der Waals surface area contributed by atoms with Crippen LogP contribution in [0.2, 0.25) is 0 Å². The van der Waals surface area contributed by atoms with Crippen molar-refractivity contribution in [2.75, 3.05) is 37.6 Å². The molecule has 0 saturated carbocycles. The number of amides is 2. The van der Waals surface area contributed by atoms with Crippen molar-refractivity contribution in [1.82, 2.24) is 20.2 Å². The Balaban J connectivity index is 1.36. The number of hydrogen-bond acceptors (Lipinski definition) is 5. The second-order valence-electron chi connectivity index (χ2n) is 6.44. The molecule has 2 heterocycles. The summed E-state index contributed by atoms with van der Waals surface area (Å²) in [5.41, 5.74) is 0. The van der Waals surface area contributed by atoms with E-state index in [1.165, 1.54) is 0 Å². The first kappa shape index (κ1) is 17.4. The number of carbonyl (C=O) groups is 2. The standard InChI is InChI=1S/C18H25N5O2/c24-16(7-10-19-17(25)15-5-2-1-3-6-15)22-11-13-23(14-12-22)18-20-8-4-9-21-18/h1-2,4,8-9,15H,3,5-7,10-14H2,(H,19,25)/t15-/m1/s1. The Hall–Kier alpha value is -2.44. The number of aromatic nitrogens is 2. The van der Waals surface area contributed by atoms with Crippen molar-refractivity contribution >= 4 is 17.8 Å². The van der Waals surface area contributed by atoms with Crippen molar-refractivity contribution in [1.29, 1.82) is 0 Å². The van der Waals surface area contributed by atoms with Crippen LogP contribution in [-0.4, -0.2) is 59.4 Å². The minimum absolute atomic E-state index is 0.0644. The average molecular weight is 343 g/mol. The number of hydrogen-bond donors (Lipinski definition) is 1. The highest BCUT2D eigenvalue weighted by molar-refractivity contribution is 5.80. The average Bonchev–Trinajstić information content (AvgIpc) is 2.69. The van der Waals surface area contributed by atoms with Gasteiger partial charge in [-0.1, -0.05) is 12.2 Å². The van der Waals surface area contributed by atoms with Gasteiger partial charge in [-0.2, -0.15) is 0 Å². The SMILES string of the molecule is O=C(NCCC(=O)N1CCN(c2ncccn2)CC1)[C@@H]1CC=CCC1. The van der Waals surface area contributed by atoms with Gasteiger partial charge in [0.15, 0.2) is 0 Å². The van der Waals surface area contributed by atoms with Crippen LogP contribution in [0.25, 0.3) is 0 Å². The first-order valence-corrected chi connectivity index (χ1v) is 8.96. The van der Waals surface area contributed by atoms with Crippen LogP contribution >= 0.6 is 0 Å². The Morgan fingerprint density at radius 3 is 2.56 bits per heavy atom. The Morgan fingerprint density at radius 2 is 1.88 bits per heavy atom. The first-order chi connectivity index (χ1) is 12.2. The summed E-state index contributed by atoms with van der Waals surface area (Å²) in [5, 5.41) is 2.91. The number of rotatable bonds is 5. The molecule has 2 aliphatic rings. The van der Waals surface area contributed by atoms with Gasteiger partial charge in [0, 0.05) is 57.5 Å². The molecule has 1 saturated heterocycles. The minimum Gasteiger partial charge on any atom is -0.355 e. The van der Waals surface area contributed by atoms with E-state index in [2.05, 4.69) is 32.3 Å². The maximum Gasteiger partial charge on any atom is 0.225 e. The van der Waals surface area contributed by atoms with E-state index in [0.29, 0.717) is 32.0 Å². The summed E-state index contributed by atoms with van der Waals surface area (Å²) in [4.78, 5) is 36.8.